The van der Waals surface area contributed by atoms with Crippen LogP contribution in [-0.4, -0.2) is 29.8 Å². The maximum atomic E-state index is 8.95. The van der Waals surface area contributed by atoms with Gasteiger partial charge >= 0.3 is 0 Å². The van der Waals surface area contributed by atoms with Gasteiger partial charge in [-0.3, -0.25) is 4.98 Å². The largest absolute Gasteiger partial charge is 0.396 e. The second-order valence-corrected chi connectivity index (χ2v) is 4.17. The fourth-order valence-electron chi connectivity index (χ4n) is 2.27. The molecule has 1 unspecified atom stereocenters. The normalized spacial score (nSPS) is 21.7. The van der Waals surface area contributed by atoms with Crippen molar-refractivity contribution in [3.05, 3.63) is 24.5 Å². The molecule has 3 nitrogen and oxygen atoms in total. The second kappa shape index (κ2) is 5.12. The van der Waals surface area contributed by atoms with Crippen LogP contribution in [0.1, 0.15) is 19.3 Å². The van der Waals surface area contributed by atoms with E-state index >= 15 is 0 Å². The quantitative estimate of drug-likeness (QED) is 0.817. The third kappa shape index (κ3) is 2.69. The van der Waals surface area contributed by atoms with Crippen LogP contribution in [0, 0.1) is 5.92 Å². The smallest absolute Gasteiger partial charge is 0.0434 e. The summed E-state index contributed by atoms with van der Waals surface area (Å²) in [6, 6.07) is 4.11. The zero-order chi connectivity index (χ0) is 10.5. The van der Waals surface area contributed by atoms with Crippen LogP contribution in [0.2, 0.25) is 0 Å². The summed E-state index contributed by atoms with van der Waals surface area (Å²) in [6.07, 6.45) is 7.09. The van der Waals surface area contributed by atoms with E-state index in [2.05, 4.69) is 22.0 Å². The molecule has 0 spiro atoms. The van der Waals surface area contributed by atoms with Crippen LogP contribution < -0.4 is 4.90 Å². The van der Waals surface area contributed by atoms with Gasteiger partial charge in [0, 0.05) is 37.8 Å². The molecule has 0 saturated carbocycles. The Morgan fingerprint density at radius 3 is 2.93 bits per heavy atom. The van der Waals surface area contributed by atoms with Gasteiger partial charge in [-0.2, -0.15) is 0 Å². The minimum absolute atomic E-state index is 0.314. The maximum Gasteiger partial charge on any atom is 0.0434 e. The lowest BCUT2D eigenvalue weighted by Crippen LogP contribution is -2.35. The highest BCUT2D eigenvalue weighted by Gasteiger charge is 2.19. The van der Waals surface area contributed by atoms with Crippen molar-refractivity contribution in [1.29, 1.82) is 0 Å². The lowest BCUT2D eigenvalue weighted by molar-refractivity contribution is 0.244. The third-order valence-electron chi connectivity index (χ3n) is 3.08. The van der Waals surface area contributed by atoms with Crippen molar-refractivity contribution in [2.24, 2.45) is 5.92 Å². The van der Waals surface area contributed by atoms with Crippen molar-refractivity contribution >= 4 is 5.69 Å². The molecule has 15 heavy (non-hydrogen) atoms. The number of hydrogen-bond donors (Lipinski definition) is 1. The van der Waals surface area contributed by atoms with E-state index in [1.165, 1.54) is 18.5 Å². The molecule has 1 aromatic heterocycles. The number of hydrogen-bond acceptors (Lipinski definition) is 3. The number of aromatic nitrogens is 1. The van der Waals surface area contributed by atoms with E-state index in [4.69, 9.17) is 5.11 Å². The van der Waals surface area contributed by atoms with Gasteiger partial charge in [-0.15, -0.1) is 0 Å². The van der Waals surface area contributed by atoms with Gasteiger partial charge in [0.05, 0.1) is 0 Å². The molecule has 0 bridgehead atoms. The summed E-state index contributed by atoms with van der Waals surface area (Å²) in [4.78, 5) is 6.42. The summed E-state index contributed by atoms with van der Waals surface area (Å²) in [5.74, 6) is 0.650. The van der Waals surface area contributed by atoms with Crippen LogP contribution in [0.25, 0.3) is 0 Å². The van der Waals surface area contributed by atoms with Gasteiger partial charge in [-0.1, -0.05) is 0 Å². The van der Waals surface area contributed by atoms with Crippen LogP contribution >= 0.6 is 0 Å². The first-order valence-electron chi connectivity index (χ1n) is 5.66. The lowest BCUT2D eigenvalue weighted by Gasteiger charge is -2.34. The molecule has 82 valence electrons. The van der Waals surface area contributed by atoms with Crippen molar-refractivity contribution in [1.82, 2.24) is 4.98 Å². The SMILES string of the molecule is OCCC1CCCN(c2ccncc2)C1. The molecular formula is C12H18N2O. The predicted molar refractivity (Wildman–Crippen MR) is 60.9 cm³/mol. The molecule has 1 atom stereocenters. The number of aliphatic hydroxyl groups is 1. The molecule has 2 heterocycles. The average Bonchev–Trinajstić information content (AvgIpc) is 2.31. The monoisotopic (exact) mass is 206 g/mol. The number of piperidine rings is 1. The van der Waals surface area contributed by atoms with Gasteiger partial charge in [-0.25, -0.2) is 0 Å². The van der Waals surface area contributed by atoms with E-state index in [1.54, 1.807) is 0 Å². The molecule has 0 aromatic carbocycles. The number of anilines is 1. The van der Waals surface area contributed by atoms with Crippen LogP contribution in [0.15, 0.2) is 24.5 Å². The van der Waals surface area contributed by atoms with Crippen LogP contribution in [0.5, 0.6) is 0 Å². The van der Waals surface area contributed by atoms with E-state index in [9.17, 15) is 0 Å². The van der Waals surface area contributed by atoms with Crippen LogP contribution in [-0.2, 0) is 0 Å². The Hall–Kier alpha value is -1.09. The summed E-state index contributed by atoms with van der Waals surface area (Å²) in [5.41, 5.74) is 1.26. The zero-order valence-electron chi connectivity index (χ0n) is 8.97. The van der Waals surface area contributed by atoms with Crippen LogP contribution in [0.3, 0.4) is 0 Å². The van der Waals surface area contributed by atoms with Crippen molar-refractivity contribution in [2.45, 2.75) is 19.3 Å². The Balaban J connectivity index is 1.98. The summed E-state index contributed by atoms with van der Waals surface area (Å²) >= 11 is 0. The van der Waals surface area contributed by atoms with E-state index in [0.717, 1.165) is 19.5 Å². The predicted octanol–water partition coefficient (Wildman–Crippen LogP) is 1.68. The molecule has 0 aliphatic carbocycles. The standard InChI is InChI=1S/C12H18N2O/c15-9-5-11-2-1-8-14(10-11)12-3-6-13-7-4-12/h3-4,6-7,11,15H,1-2,5,8-10H2. The molecule has 1 aliphatic rings. The number of nitrogens with zero attached hydrogens (tertiary/aromatic N) is 2. The molecule has 3 heteroatoms. The third-order valence-corrected chi connectivity index (χ3v) is 3.08. The molecule has 1 aliphatic heterocycles. The summed E-state index contributed by atoms with van der Waals surface area (Å²) in [5, 5.41) is 8.95. The summed E-state index contributed by atoms with van der Waals surface area (Å²) in [6.45, 7) is 2.52. The molecule has 1 aromatic rings. The first-order chi connectivity index (χ1) is 7.40. The van der Waals surface area contributed by atoms with Gasteiger partial charge < -0.3 is 10.0 Å². The fraction of sp³-hybridized carbons (Fsp3) is 0.583. The highest BCUT2D eigenvalue weighted by atomic mass is 16.3. The number of aliphatic hydroxyl groups excluding tert-OH is 1. The Kier molecular flexibility index (Phi) is 3.56. The number of pyridine rings is 1. The summed E-state index contributed by atoms with van der Waals surface area (Å²) in [7, 11) is 0. The van der Waals surface area contributed by atoms with Crippen molar-refractivity contribution in [2.75, 3.05) is 24.6 Å². The molecule has 1 fully saturated rings. The first kappa shape index (κ1) is 10.4. The minimum Gasteiger partial charge on any atom is -0.396 e. The maximum absolute atomic E-state index is 8.95. The Bertz CT molecular complexity index is 287. The highest BCUT2D eigenvalue weighted by Crippen LogP contribution is 2.23. The fourth-order valence-corrected chi connectivity index (χ4v) is 2.27. The van der Waals surface area contributed by atoms with Crippen molar-refractivity contribution in [3.63, 3.8) is 0 Å². The van der Waals surface area contributed by atoms with Crippen LogP contribution in [0.4, 0.5) is 5.69 Å². The van der Waals surface area contributed by atoms with Crippen molar-refractivity contribution in [3.8, 4) is 0 Å². The van der Waals surface area contributed by atoms with Gasteiger partial charge in [0.15, 0.2) is 0 Å². The molecule has 0 amide bonds. The second-order valence-electron chi connectivity index (χ2n) is 4.17. The Morgan fingerprint density at radius 1 is 1.40 bits per heavy atom. The van der Waals surface area contributed by atoms with E-state index in [1.807, 2.05) is 12.4 Å². The first-order valence-corrected chi connectivity index (χ1v) is 5.66. The van der Waals surface area contributed by atoms with Gasteiger partial charge in [0.1, 0.15) is 0 Å². The van der Waals surface area contributed by atoms with Crippen molar-refractivity contribution < 1.29 is 5.11 Å². The topological polar surface area (TPSA) is 36.4 Å². The summed E-state index contributed by atoms with van der Waals surface area (Å²) < 4.78 is 0. The minimum atomic E-state index is 0.314. The molecule has 2 rings (SSSR count). The molecule has 1 N–H and O–H groups in total. The van der Waals surface area contributed by atoms with Gasteiger partial charge in [0.25, 0.3) is 0 Å². The molecular weight excluding hydrogens is 188 g/mol. The van der Waals surface area contributed by atoms with Gasteiger partial charge in [0.2, 0.25) is 0 Å². The molecule has 0 radical (unpaired) electrons. The lowest BCUT2D eigenvalue weighted by atomic mass is 9.95. The average molecular weight is 206 g/mol. The Labute approximate surface area is 90.8 Å². The van der Waals surface area contributed by atoms with E-state index in [0.29, 0.717) is 12.5 Å². The number of rotatable bonds is 3. The molecule has 1 saturated heterocycles. The van der Waals surface area contributed by atoms with E-state index < -0.39 is 0 Å². The Morgan fingerprint density at radius 2 is 2.20 bits per heavy atom. The highest BCUT2D eigenvalue weighted by molar-refractivity contribution is 5.44. The zero-order valence-corrected chi connectivity index (χ0v) is 8.97. The van der Waals surface area contributed by atoms with Gasteiger partial charge in [-0.05, 0) is 37.3 Å². The van der Waals surface area contributed by atoms with E-state index in [-0.39, 0.29) is 0 Å².